The van der Waals surface area contributed by atoms with Crippen molar-refractivity contribution < 1.29 is 52.6 Å². The number of phosphoric acid groups is 1. The molecule has 13 heteroatoms. The smallest absolute Gasteiger partial charge is 0.472 e. The molecule has 12 nitrogen and oxygen atoms in total. The van der Waals surface area contributed by atoms with Crippen LogP contribution in [-0.4, -0.2) is 71.1 Å². The number of carboxylic acids is 1. The lowest BCUT2D eigenvalue weighted by Gasteiger charge is -2.20. The number of hydrogen-bond donors (Lipinski definition) is 4. The zero-order chi connectivity index (χ0) is 46.5. The number of aliphatic hydroxyl groups excluding tert-OH is 1. The Morgan fingerprint density at radius 1 is 0.587 bits per heavy atom. The third-order valence-electron chi connectivity index (χ3n) is 8.49. The Morgan fingerprint density at radius 2 is 1.06 bits per heavy atom. The molecule has 2 unspecified atom stereocenters. The van der Waals surface area contributed by atoms with Crippen LogP contribution in [0.5, 0.6) is 0 Å². The van der Waals surface area contributed by atoms with E-state index in [0.717, 1.165) is 51.4 Å². The van der Waals surface area contributed by atoms with E-state index in [0.29, 0.717) is 25.7 Å². The second kappa shape index (κ2) is 42.9. The SMILES string of the molecule is CC/C=C\C/C=C\CC(O)/C=C/C=C\C/C=C\C/C=C\CCC(=O)O[C@H](COC(=O)CC/C=C\C/C=C\C/C=C\C/C=C\C/C=C\CCCCC)COP(=O)(O)OC[C@H](N)C(=O)O. The Labute approximate surface area is 377 Å². The molecule has 0 aliphatic rings. The molecule has 0 bridgehead atoms. The number of esters is 2. The van der Waals surface area contributed by atoms with Crippen molar-refractivity contribution in [3.63, 3.8) is 0 Å². The molecule has 63 heavy (non-hydrogen) atoms. The predicted octanol–water partition coefficient (Wildman–Crippen LogP) is 11.1. The topological polar surface area (TPSA) is 192 Å². The summed E-state index contributed by atoms with van der Waals surface area (Å²) in [6, 6.07) is -1.56. The van der Waals surface area contributed by atoms with Crippen molar-refractivity contribution in [2.75, 3.05) is 19.8 Å². The number of phosphoric ester groups is 1. The summed E-state index contributed by atoms with van der Waals surface area (Å²) in [5.74, 6) is -2.65. The molecule has 0 radical (unpaired) electrons. The zero-order valence-corrected chi connectivity index (χ0v) is 38.6. The van der Waals surface area contributed by atoms with Gasteiger partial charge >= 0.3 is 25.7 Å². The average Bonchev–Trinajstić information content (AvgIpc) is 3.26. The van der Waals surface area contributed by atoms with E-state index in [1.165, 1.54) is 19.3 Å². The Bertz CT molecular complexity index is 1590. The fraction of sp³-hybridized carbons (Fsp3) is 0.500. The van der Waals surface area contributed by atoms with Crippen LogP contribution in [0.1, 0.15) is 123 Å². The fourth-order valence-corrected chi connectivity index (χ4v) is 5.76. The van der Waals surface area contributed by atoms with Gasteiger partial charge in [0.05, 0.1) is 19.3 Å². The lowest BCUT2D eigenvalue weighted by Crippen LogP contribution is -2.34. The molecule has 4 atom stereocenters. The number of hydrogen-bond acceptors (Lipinski definition) is 10. The van der Waals surface area contributed by atoms with Gasteiger partial charge in [-0.1, -0.05) is 160 Å². The summed E-state index contributed by atoms with van der Waals surface area (Å²) in [7, 11) is -4.78. The van der Waals surface area contributed by atoms with Gasteiger partial charge in [-0.3, -0.25) is 23.4 Å². The van der Waals surface area contributed by atoms with Gasteiger partial charge in [0, 0.05) is 12.8 Å². The van der Waals surface area contributed by atoms with Crippen LogP contribution in [0.2, 0.25) is 0 Å². The number of ether oxygens (including phenoxy) is 2. The Kier molecular flexibility index (Phi) is 39.9. The van der Waals surface area contributed by atoms with Crippen LogP contribution in [0.15, 0.2) is 134 Å². The molecule has 0 amide bonds. The molecule has 0 aromatic rings. The third kappa shape index (κ3) is 42.6. The number of unbranched alkanes of at least 4 members (excludes halogenated alkanes) is 3. The predicted molar refractivity (Wildman–Crippen MR) is 255 cm³/mol. The second-order valence-electron chi connectivity index (χ2n) is 14.3. The van der Waals surface area contributed by atoms with Gasteiger partial charge < -0.3 is 30.3 Å². The molecule has 0 heterocycles. The van der Waals surface area contributed by atoms with Crippen LogP contribution in [-0.2, 0) is 37.5 Å². The van der Waals surface area contributed by atoms with Crippen LogP contribution >= 0.6 is 7.82 Å². The van der Waals surface area contributed by atoms with Crippen molar-refractivity contribution in [2.45, 2.75) is 141 Å². The monoisotopic (exact) mass is 898 g/mol. The molecule has 0 saturated carbocycles. The molecule has 0 aromatic carbocycles. The van der Waals surface area contributed by atoms with Crippen LogP contribution in [0.4, 0.5) is 0 Å². The highest BCUT2D eigenvalue weighted by molar-refractivity contribution is 7.47. The van der Waals surface area contributed by atoms with E-state index in [1.807, 2.05) is 72.9 Å². The van der Waals surface area contributed by atoms with Crippen molar-refractivity contribution >= 4 is 25.7 Å². The van der Waals surface area contributed by atoms with Crippen molar-refractivity contribution in [3.8, 4) is 0 Å². The van der Waals surface area contributed by atoms with E-state index in [4.69, 9.17) is 24.8 Å². The molecular weight excluding hydrogens is 822 g/mol. The molecule has 0 spiro atoms. The Hall–Kier alpha value is -4.42. The van der Waals surface area contributed by atoms with Gasteiger partial charge in [-0.05, 0) is 83.5 Å². The van der Waals surface area contributed by atoms with Gasteiger partial charge in [0.1, 0.15) is 12.6 Å². The zero-order valence-electron chi connectivity index (χ0n) is 37.7. The highest BCUT2D eigenvalue weighted by atomic mass is 31.2. The first-order chi connectivity index (χ1) is 30.5. The number of rotatable bonds is 39. The lowest BCUT2D eigenvalue weighted by atomic mass is 10.2. The molecule has 0 saturated heterocycles. The number of allylic oxidation sites excluding steroid dienone is 20. The van der Waals surface area contributed by atoms with E-state index < -0.39 is 63.8 Å². The summed E-state index contributed by atoms with van der Waals surface area (Å²) >= 11 is 0. The van der Waals surface area contributed by atoms with E-state index in [2.05, 4.69) is 73.1 Å². The highest BCUT2D eigenvalue weighted by Gasteiger charge is 2.28. The standard InChI is InChI=1S/C50H76NO11P/c1-3-5-7-9-11-12-13-14-15-16-17-18-19-20-21-25-28-32-36-40-48(53)59-42-46(43-60-63(57,58)61-44-47(51)50(55)56)62-49(54)41-37-33-29-26-23-22-24-27-31-35-39-45(52)38-34-30-10-8-6-4-2/h6,8,11-12,14-15,17-18,20-23,27-35,39,45-47,52H,3-5,7,9-10,13,16,19,24-26,36-38,40-44,51H2,1-2H3,(H,55,56)(H,57,58)/b8-6-,12-11-,15-14-,18-17-,21-20-,23-22-,31-27-,32-28-,33-29-,34-30-,39-35+/t45?,46-,47+/m1/s1. The maximum Gasteiger partial charge on any atom is 0.472 e. The van der Waals surface area contributed by atoms with Gasteiger partial charge in [-0.2, -0.15) is 0 Å². The summed E-state index contributed by atoms with van der Waals surface area (Å²) in [6.07, 6.45) is 55.7. The van der Waals surface area contributed by atoms with Crippen LogP contribution < -0.4 is 5.73 Å². The average molecular weight is 898 g/mol. The summed E-state index contributed by atoms with van der Waals surface area (Å²) in [5, 5.41) is 18.9. The molecule has 352 valence electrons. The molecule has 0 aliphatic heterocycles. The number of aliphatic hydroxyl groups is 1. The Morgan fingerprint density at radius 3 is 1.60 bits per heavy atom. The first-order valence-electron chi connectivity index (χ1n) is 22.3. The van der Waals surface area contributed by atoms with Gasteiger partial charge in [0.15, 0.2) is 6.10 Å². The highest BCUT2D eigenvalue weighted by Crippen LogP contribution is 2.43. The van der Waals surface area contributed by atoms with E-state index in [-0.39, 0.29) is 12.8 Å². The number of carbonyl (C=O) groups excluding carboxylic acids is 2. The number of nitrogens with two attached hydrogens (primary N) is 1. The van der Waals surface area contributed by atoms with Gasteiger partial charge in [0.2, 0.25) is 0 Å². The number of carbonyl (C=O) groups is 3. The van der Waals surface area contributed by atoms with Crippen molar-refractivity contribution in [2.24, 2.45) is 5.73 Å². The maximum atomic E-state index is 12.6. The maximum absolute atomic E-state index is 12.6. The first-order valence-corrected chi connectivity index (χ1v) is 23.8. The molecular formula is C50H76NO11P. The van der Waals surface area contributed by atoms with Gasteiger partial charge in [0.25, 0.3) is 0 Å². The Balaban J connectivity index is 4.68. The van der Waals surface area contributed by atoms with Crippen molar-refractivity contribution in [3.05, 3.63) is 134 Å². The second-order valence-corrected chi connectivity index (χ2v) is 15.7. The lowest BCUT2D eigenvalue weighted by molar-refractivity contribution is -0.161. The van der Waals surface area contributed by atoms with Gasteiger partial charge in [-0.15, -0.1) is 0 Å². The molecule has 0 rings (SSSR count). The summed E-state index contributed by atoms with van der Waals surface area (Å²) in [6.45, 7) is 2.41. The van der Waals surface area contributed by atoms with E-state index >= 15 is 0 Å². The minimum atomic E-state index is -4.78. The summed E-state index contributed by atoms with van der Waals surface area (Å²) in [4.78, 5) is 45.9. The fourth-order valence-electron chi connectivity index (χ4n) is 4.98. The largest absolute Gasteiger partial charge is 0.480 e. The van der Waals surface area contributed by atoms with Crippen LogP contribution in [0.3, 0.4) is 0 Å². The number of aliphatic carboxylic acids is 1. The number of carboxylic acid groups (broad SMARTS) is 1. The van der Waals surface area contributed by atoms with E-state index in [9.17, 15) is 28.9 Å². The van der Waals surface area contributed by atoms with Crippen molar-refractivity contribution in [1.82, 2.24) is 0 Å². The van der Waals surface area contributed by atoms with Crippen molar-refractivity contribution in [1.29, 1.82) is 0 Å². The minimum Gasteiger partial charge on any atom is -0.480 e. The molecule has 0 aromatic heterocycles. The van der Waals surface area contributed by atoms with Crippen LogP contribution in [0.25, 0.3) is 0 Å². The minimum absolute atomic E-state index is 0.0116. The summed E-state index contributed by atoms with van der Waals surface area (Å²) in [5.41, 5.74) is 5.32. The first kappa shape index (κ1) is 58.6. The summed E-state index contributed by atoms with van der Waals surface area (Å²) < 4.78 is 32.5. The molecule has 5 N–H and O–H groups in total. The third-order valence-corrected chi connectivity index (χ3v) is 9.44. The quantitative estimate of drug-likeness (QED) is 0.0150. The van der Waals surface area contributed by atoms with Gasteiger partial charge in [-0.25, -0.2) is 4.57 Å². The molecule has 0 fully saturated rings. The molecule has 0 aliphatic carbocycles. The normalized spacial score (nSPS) is 15.4. The van der Waals surface area contributed by atoms with E-state index in [1.54, 1.807) is 6.08 Å². The van der Waals surface area contributed by atoms with Crippen LogP contribution in [0, 0.1) is 0 Å².